The lowest BCUT2D eigenvalue weighted by molar-refractivity contribution is -0.141. The fourth-order valence-corrected chi connectivity index (χ4v) is 1.38. The molecule has 0 aromatic carbocycles. The van der Waals surface area contributed by atoms with Crippen molar-refractivity contribution < 1.29 is 19.5 Å². The Labute approximate surface area is 113 Å². The zero-order chi connectivity index (χ0) is 14.8. The molecule has 0 aromatic heterocycles. The zero-order valence-corrected chi connectivity index (χ0v) is 11.7. The minimum absolute atomic E-state index is 0.00462. The summed E-state index contributed by atoms with van der Waals surface area (Å²) in [6.45, 7) is 6.38. The van der Waals surface area contributed by atoms with Gasteiger partial charge >= 0.3 is 12.0 Å². The molecule has 0 radical (unpaired) electrons. The number of carbonyl (C=O) groups is 3. The molecule has 0 spiro atoms. The van der Waals surface area contributed by atoms with Gasteiger partial charge < -0.3 is 20.6 Å². The van der Waals surface area contributed by atoms with Crippen molar-refractivity contribution in [2.75, 3.05) is 26.2 Å². The average Bonchev–Trinajstić information content (AvgIpc) is 2.35. The molecule has 1 unspecified atom stereocenters. The van der Waals surface area contributed by atoms with Crippen molar-refractivity contribution in [2.45, 2.75) is 27.2 Å². The molecule has 0 aliphatic carbocycles. The second-order valence-corrected chi connectivity index (χ2v) is 4.23. The van der Waals surface area contributed by atoms with Gasteiger partial charge in [-0.2, -0.15) is 0 Å². The highest BCUT2D eigenvalue weighted by atomic mass is 16.4. The summed E-state index contributed by atoms with van der Waals surface area (Å²) in [5.41, 5.74) is 0. The second-order valence-electron chi connectivity index (χ2n) is 4.23. The van der Waals surface area contributed by atoms with Crippen molar-refractivity contribution in [2.24, 2.45) is 5.92 Å². The van der Waals surface area contributed by atoms with E-state index in [1.807, 2.05) is 6.92 Å². The summed E-state index contributed by atoms with van der Waals surface area (Å²) in [6.07, 6.45) is 0.361. The van der Waals surface area contributed by atoms with Crippen molar-refractivity contribution in [1.82, 2.24) is 15.5 Å². The monoisotopic (exact) mass is 273 g/mol. The number of rotatable bonds is 8. The molecule has 0 aliphatic heterocycles. The number of urea groups is 1. The molecule has 0 aliphatic rings. The molecule has 0 saturated heterocycles. The number of hydrogen-bond acceptors (Lipinski definition) is 3. The highest BCUT2D eigenvalue weighted by molar-refractivity contribution is 5.84. The van der Waals surface area contributed by atoms with Crippen LogP contribution in [-0.4, -0.2) is 54.1 Å². The predicted octanol–water partition coefficient (Wildman–Crippen LogP) is 0.265. The lowest BCUT2D eigenvalue weighted by atomic mass is 10.1. The Morgan fingerprint density at radius 3 is 2.32 bits per heavy atom. The molecule has 0 bridgehead atoms. The Kier molecular flexibility index (Phi) is 8.32. The Hall–Kier alpha value is -1.79. The molecule has 3 amide bonds. The van der Waals surface area contributed by atoms with Crippen LogP contribution in [0.1, 0.15) is 27.2 Å². The number of carboxylic acids is 1. The van der Waals surface area contributed by atoms with Crippen LogP contribution in [0.5, 0.6) is 0 Å². The summed E-state index contributed by atoms with van der Waals surface area (Å²) in [5, 5.41) is 13.9. The molecule has 0 heterocycles. The number of carboxylic acid groups (broad SMARTS) is 1. The molecule has 110 valence electrons. The molecule has 0 aromatic rings. The molecule has 7 nitrogen and oxygen atoms in total. The van der Waals surface area contributed by atoms with Crippen LogP contribution in [0.2, 0.25) is 0 Å². The minimum atomic E-state index is -0.885. The van der Waals surface area contributed by atoms with E-state index in [1.165, 1.54) is 4.90 Å². The highest BCUT2D eigenvalue weighted by Gasteiger charge is 2.16. The van der Waals surface area contributed by atoms with Gasteiger partial charge in [0.15, 0.2) is 0 Å². The van der Waals surface area contributed by atoms with Gasteiger partial charge in [0.25, 0.3) is 0 Å². The maximum atomic E-state index is 11.8. The van der Waals surface area contributed by atoms with Gasteiger partial charge in [-0.25, -0.2) is 4.79 Å². The number of carbonyl (C=O) groups excluding carboxylic acids is 2. The molecular weight excluding hydrogens is 250 g/mol. The van der Waals surface area contributed by atoms with Crippen LogP contribution in [0.15, 0.2) is 0 Å². The van der Waals surface area contributed by atoms with Crippen molar-refractivity contribution in [1.29, 1.82) is 0 Å². The number of aliphatic carboxylic acids is 1. The van der Waals surface area contributed by atoms with Gasteiger partial charge in [-0.1, -0.05) is 6.92 Å². The minimum Gasteiger partial charge on any atom is -0.481 e. The number of likely N-dealkylation sites (N-methyl/N-ethyl adjacent to an activating group) is 2. The van der Waals surface area contributed by atoms with Gasteiger partial charge in [0.2, 0.25) is 5.91 Å². The lowest BCUT2D eigenvalue weighted by Crippen LogP contribution is -2.45. The van der Waals surface area contributed by atoms with Gasteiger partial charge in [-0.3, -0.25) is 9.59 Å². The van der Waals surface area contributed by atoms with Crippen molar-refractivity contribution in [3.05, 3.63) is 0 Å². The zero-order valence-electron chi connectivity index (χ0n) is 11.7. The van der Waals surface area contributed by atoms with E-state index in [-0.39, 0.29) is 25.0 Å². The van der Waals surface area contributed by atoms with Crippen LogP contribution in [0.25, 0.3) is 0 Å². The number of amides is 3. The van der Waals surface area contributed by atoms with Gasteiger partial charge in [-0.05, 0) is 20.3 Å². The van der Waals surface area contributed by atoms with E-state index in [9.17, 15) is 14.4 Å². The first-order valence-electron chi connectivity index (χ1n) is 6.44. The summed E-state index contributed by atoms with van der Waals surface area (Å²) >= 11 is 0. The van der Waals surface area contributed by atoms with E-state index in [0.29, 0.717) is 19.5 Å². The molecule has 1 atom stereocenters. The quantitative estimate of drug-likeness (QED) is 0.591. The first kappa shape index (κ1) is 17.2. The number of hydrogen-bond donors (Lipinski definition) is 3. The first-order chi connectivity index (χ1) is 8.92. The van der Waals surface area contributed by atoms with Crippen LogP contribution in [-0.2, 0) is 9.59 Å². The molecule has 0 rings (SSSR count). The van der Waals surface area contributed by atoms with Crippen molar-refractivity contribution in [3.8, 4) is 0 Å². The summed E-state index contributed by atoms with van der Waals surface area (Å²) in [7, 11) is 0. The Bertz CT molecular complexity index is 320. The van der Waals surface area contributed by atoms with Gasteiger partial charge in [0, 0.05) is 19.6 Å². The van der Waals surface area contributed by atoms with Crippen LogP contribution < -0.4 is 10.6 Å². The van der Waals surface area contributed by atoms with E-state index in [0.717, 1.165) is 0 Å². The van der Waals surface area contributed by atoms with Gasteiger partial charge in [-0.15, -0.1) is 0 Å². The van der Waals surface area contributed by atoms with Crippen LogP contribution in [0.4, 0.5) is 4.79 Å². The number of nitrogens with one attached hydrogen (secondary N) is 2. The fourth-order valence-electron chi connectivity index (χ4n) is 1.38. The van der Waals surface area contributed by atoms with E-state index in [2.05, 4.69) is 10.6 Å². The Balaban J connectivity index is 4.08. The summed E-state index contributed by atoms with van der Waals surface area (Å²) in [6, 6.07) is -0.355. The molecular formula is C12H23N3O4. The maximum Gasteiger partial charge on any atom is 0.317 e. The third-order valence-electron chi connectivity index (χ3n) is 2.65. The first-order valence-corrected chi connectivity index (χ1v) is 6.44. The van der Waals surface area contributed by atoms with Gasteiger partial charge in [0.05, 0.1) is 5.92 Å². The fraction of sp³-hybridized carbons (Fsp3) is 0.750. The normalized spacial score (nSPS) is 11.5. The standard InChI is InChI=1S/C12H23N3O4/c1-4-13-10(16)8-15(5-2)12(19)14-7-6-9(3)11(17)18/h9H,4-8H2,1-3H3,(H,13,16)(H,14,19)(H,17,18). The van der Waals surface area contributed by atoms with E-state index in [4.69, 9.17) is 5.11 Å². The van der Waals surface area contributed by atoms with E-state index >= 15 is 0 Å². The smallest absolute Gasteiger partial charge is 0.317 e. The predicted molar refractivity (Wildman–Crippen MR) is 70.7 cm³/mol. The van der Waals surface area contributed by atoms with E-state index in [1.54, 1.807) is 13.8 Å². The van der Waals surface area contributed by atoms with E-state index < -0.39 is 11.9 Å². The maximum absolute atomic E-state index is 11.8. The van der Waals surface area contributed by atoms with Crippen LogP contribution in [0.3, 0.4) is 0 Å². The third kappa shape index (κ3) is 7.28. The largest absolute Gasteiger partial charge is 0.481 e. The SMILES string of the molecule is CCNC(=O)CN(CC)C(=O)NCCC(C)C(=O)O. The Morgan fingerprint density at radius 2 is 1.84 bits per heavy atom. The summed E-state index contributed by atoms with van der Waals surface area (Å²) in [4.78, 5) is 35.1. The summed E-state index contributed by atoms with van der Waals surface area (Å²) in [5.74, 6) is -1.60. The van der Waals surface area contributed by atoms with Crippen LogP contribution in [0, 0.1) is 5.92 Å². The molecule has 19 heavy (non-hydrogen) atoms. The van der Waals surface area contributed by atoms with Gasteiger partial charge in [0.1, 0.15) is 6.54 Å². The molecule has 0 fully saturated rings. The lowest BCUT2D eigenvalue weighted by Gasteiger charge is -2.21. The Morgan fingerprint density at radius 1 is 1.21 bits per heavy atom. The average molecular weight is 273 g/mol. The molecule has 7 heteroatoms. The molecule has 3 N–H and O–H groups in total. The second kappa shape index (κ2) is 9.18. The summed E-state index contributed by atoms with van der Waals surface area (Å²) < 4.78 is 0. The third-order valence-corrected chi connectivity index (χ3v) is 2.65. The molecule has 0 saturated carbocycles. The van der Waals surface area contributed by atoms with Crippen LogP contribution >= 0.6 is 0 Å². The number of nitrogens with zero attached hydrogens (tertiary/aromatic N) is 1. The van der Waals surface area contributed by atoms with Crippen molar-refractivity contribution in [3.63, 3.8) is 0 Å². The van der Waals surface area contributed by atoms with Crippen molar-refractivity contribution >= 4 is 17.9 Å². The topological polar surface area (TPSA) is 98.7 Å². The highest BCUT2D eigenvalue weighted by Crippen LogP contribution is 2.00.